The molecule has 10 aromatic carbocycles. The topological polar surface area (TPSA) is 48.5 Å². The van der Waals surface area contributed by atoms with Crippen LogP contribution in [0.2, 0.25) is 0 Å². The number of fused-ring (bicyclic) bond motifs is 13. The highest BCUT2D eigenvalue weighted by Gasteiger charge is 2.30. The number of nitrogens with zero attached hydrogens (tertiary/aromatic N) is 5. The molecule has 0 amide bonds. The number of thiophene rings is 2. The summed E-state index contributed by atoms with van der Waals surface area (Å²) < 4.78 is 9.77. The monoisotopic (exact) mass is 927 g/mol. The summed E-state index contributed by atoms with van der Waals surface area (Å²) >= 11 is 3.63. The van der Waals surface area contributed by atoms with Gasteiger partial charge in [0.05, 0.1) is 22.1 Å². The van der Waals surface area contributed by atoms with Crippen molar-refractivity contribution in [3.8, 4) is 56.7 Å². The van der Waals surface area contributed by atoms with Crippen molar-refractivity contribution in [2.24, 2.45) is 0 Å². The Kier molecular flexibility index (Phi) is 8.63. The molecule has 5 nitrogen and oxygen atoms in total. The maximum atomic E-state index is 5.63. The Morgan fingerprint density at radius 2 is 0.700 bits per heavy atom. The van der Waals surface area contributed by atoms with Crippen molar-refractivity contribution >= 4 is 107 Å². The first-order valence-corrected chi connectivity index (χ1v) is 25.2. The lowest BCUT2D eigenvalue weighted by Gasteiger charge is -2.18. The fraction of sp³-hybridized carbons (Fsp3) is 0. The third kappa shape index (κ3) is 5.86. The van der Waals surface area contributed by atoms with Gasteiger partial charge in [-0.25, -0.2) is 4.98 Å². The van der Waals surface area contributed by atoms with Crippen LogP contribution < -0.4 is 0 Å². The maximum absolute atomic E-state index is 5.63. The lowest BCUT2D eigenvalue weighted by Crippen LogP contribution is -2.07. The molecule has 0 N–H and O–H groups in total. The highest BCUT2D eigenvalue weighted by Crippen LogP contribution is 2.52. The summed E-state index contributed by atoms with van der Waals surface area (Å²) in [5, 5.41) is 9.43. The van der Waals surface area contributed by atoms with Gasteiger partial charge in [0.15, 0.2) is 11.6 Å². The molecule has 0 saturated heterocycles. The van der Waals surface area contributed by atoms with Crippen LogP contribution in [0.25, 0.3) is 141 Å². The third-order valence-electron chi connectivity index (χ3n) is 14.0. The summed E-state index contributed by atoms with van der Waals surface area (Å²) in [4.78, 5) is 16.7. The van der Waals surface area contributed by atoms with Gasteiger partial charge in [-0.05, 0) is 83.9 Å². The zero-order chi connectivity index (χ0) is 45.9. The van der Waals surface area contributed by atoms with E-state index >= 15 is 0 Å². The molecule has 5 aromatic heterocycles. The number of aromatic nitrogens is 5. The van der Waals surface area contributed by atoms with Crippen LogP contribution in [0.1, 0.15) is 0 Å². The fourth-order valence-electron chi connectivity index (χ4n) is 11.0. The number of hydrogen-bond acceptors (Lipinski definition) is 5. The Morgan fingerprint density at radius 3 is 1.21 bits per heavy atom. The molecule has 5 heterocycles. The molecule has 0 spiro atoms. The SMILES string of the molecule is c1ccc(-c2c(-c3ccccc3)c3c4ccccc4n(-c4nc(-c5ccc6sc7ccccc7c6c5)nc(-c5ccc6sc7ccccc7c6c5)n4)c3c3c2c2ccccc2n3-c2ccccc2)cc1. The van der Waals surface area contributed by atoms with Crippen LogP contribution in [0.3, 0.4) is 0 Å². The molecule has 326 valence electrons. The minimum atomic E-state index is 0.550. The average Bonchev–Trinajstić information content (AvgIpc) is 4.19. The molecule has 0 aliphatic carbocycles. The molecule has 0 fully saturated rings. The molecule has 0 radical (unpaired) electrons. The molecule has 70 heavy (non-hydrogen) atoms. The summed E-state index contributed by atoms with van der Waals surface area (Å²) in [6.45, 7) is 0. The van der Waals surface area contributed by atoms with Crippen LogP contribution in [0.5, 0.6) is 0 Å². The van der Waals surface area contributed by atoms with E-state index in [0.717, 1.165) is 60.8 Å². The quantitative estimate of drug-likeness (QED) is 0.167. The smallest absolute Gasteiger partial charge is 0.238 e. The number of para-hydroxylation sites is 3. The molecule has 7 heteroatoms. The van der Waals surface area contributed by atoms with Crippen LogP contribution in [0.15, 0.2) is 224 Å². The zero-order valence-electron chi connectivity index (χ0n) is 37.4. The Bertz CT molecular complexity index is 4450. The first kappa shape index (κ1) is 39.3. The Balaban J connectivity index is 1.14. The molecule has 0 atom stereocenters. The predicted octanol–water partition coefficient (Wildman–Crippen LogP) is 17.5. The van der Waals surface area contributed by atoms with Gasteiger partial charge in [-0.2, -0.15) is 9.97 Å². The Morgan fingerprint density at radius 1 is 0.300 bits per heavy atom. The average molecular weight is 928 g/mol. The minimum absolute atomic E-state index is 0.550. The van der Waals surface area contributed by atoms with Crippen LogP contribution >= 0.6 is 22.7 Å². The summed E-state index contributed by atoms with van der Waals surface area (Å²) in [5.41, 5.74) is 11.8. The van der Waals surface area contributed by atoms with E-state index in [1.807, 2.05) is 22.7 Å². The van der Waals surface area contributed by atoms with Crippen LogP contribution in [-0.4, -0.2) is 24.1 Å². The van der Waals surface area contributed by atoms with Crippen molar-refractivity contribution in [1.82, 2.24) is 24.1 Å². The standard InChI is InChI=1S/C63H37N5S2/c1-4-18-38(19-5-1)55-56(39-20-6-2-7-21-39)58-46-27-11-15-29-50(46)68(60(58)59-57(55)45-26-10-14-28-49(45)67(59)42-22-8-3-9-23-42)63-65-61(40-32-34-53-47(36-40)43-24-12-16-30-51(43)69-53)64-62(66-63)41-33-35-54-48(37-41)44-25-13-17-31-52(44)70-54/h1-37H. The largest absolute Gasteiger partial charge is 0.307 e. The number of benzene rings is 10. The van der Waals surface area contributed by atoms with Gasteiger partial charge in [-0.1, -0.05) is 152 Å². The lowest BCUT2D eigenvalue weighted by atomic mass is 9.87. The molecule has 0 aliphatic rings. The van der Waals surface area contributed by atoms with Crippen molar-refractivity contribution < 1.29 is 0 Å². The van der Waals surface area contributed by atoms with Crippen LogP contribution in [0, 0.1) is 0 Å². The second kappa shape index (κ2) is 15.4. The van der Waals surface area contributed by atoms with Crippen molar-refractivity contribution in [3.63, 3.8) is 0 Å². The fourth-order valence-corrected chi connectivity index (χ4v) is 13.2. The predicted molar refractivity (Wildman–Crippen MR) is 296 cm³/mol. The normalized spacial score (nSPS) is 12.0. The van der Waals surface area contributed by atoms with Crippen molar-refractivity contribution in [1.29, 1.82) is 0 Å². The van der Waals surface area contributed by atoms with Crippen LogP contribution in [-0.2, 0) is 0 Å². The number of hydrogen-bond donors (Lipinski definition) is 0. The number of rotatable bonds is 6. The van der Waals surface area contributed by atoms with Gasteiger partial charge in [-0.15, -0.1) is 22.7 Å². The van der Waals surface area contributed by atoms with E-state index in [-0.39, 0.29) is 0 Å². The lowest BCUT2D eigenvalue weighted by molar-refractivity contribution is 0.954. The van der Waals surface area contributed by atoms with Gasteiger partial charge in [0.2, 0.25) is 5.95 Å². The van der Waals surface area contributed by atoms with Crippen molar-refractivity contribution in [3.05, 3.63) is 224 Å². The summed E-state index contributed by atoms with van der Waals surface area (Å²) in [7, 11) is 0. The van der Waals surface area contributed by atoms with Crippen molar-refractivity contribution in [2.45, 2.75) is 0 Å². The minimum Gasteiger partial charge on any atom is -0.307 e. The van der Waals surface area contributed by atoms with E-state index in [4.69, 9.17) is 15.0 Å². The molecule has 0 saturated carbocycles. The molecular weight excluding hydrogens is 891 g/mol. The highest BCUT2D eigenvalue weighted by molar-refractivity contribution is 7.26. The van der Waals surface area contributed by atoms with E-state index in [1.54, 1.807) is 0 Å². The molecule has 15 rings (SSSR count). The van der Waals surface area contributed by atoms with E-state index in [9.17, 15) is 0 Å². The Labute approximate surface area is 409 Å². The van der Waals surface area contributed by atoms with Gasteiger partial charge in [0, 0.05) is 89.8 Å². The Hall–Kier alpha value is -8.75. The summed E-state index contributed by atoms with van der Waals surface area (Å²) in [6, 6.07) is 80.9. The van der Waals surface area contributed by atoms with E-state index in [2.05, 4.69) is 234 Å². The van der Waals surface area contributed by atoms with Crippen molar-refractivity contribution in [2.75, 3.05) is 0 Å². The van der Waals surface area contributed by atoms with Gasteiger partial charge >= 0.3 is 0 Å². The molecular formula is C63H37N5S2. The van der Waals surface area contributed by atoms with Gasteiger partial charge in [-0.3, -0.25) is 4.57 Å². The second-order valence-electron chi connectivity index (χ2n) is 17.9. The van der Waals surface area contributed by atoms with Crippen LogP contribution in [0.4, 0.5) is 0 Å². The van der Waals surface area contributed by atoms with Gasteiger partial charge in [0.25, 0.3) is 0 Å². The second-order valence-corrected chi connectivity index (χ2v) is 20.0. The van der Waals surface area contributed by atoms with E-state index < -0.39 is 0 Å². The van der Waals surface area contributed by atoms with Gasteiger partial charge < -0.3 is 4.57 Å². The first-order chi connectivity index (χ1) is 34.7. The third-order valence-corrected chi connectivity index (χ3v) is 16.3. The molecule has 0 unspecified atom stereocenters. The maximum Gasteiger partial charge on any atom is 0.238 e. The molecule has 15 aromatic rings. The molecule has 0 bridgehead atoms. The zero-order valence-corrected chi connectivity index (χ0v) is 39.0. The molecule has 0 aliphatic heterocycles. The first-order valence-electron chi connectivity index (χ1n) is 23.5. The van der Waals surface area contributed by atoms with E-state index in [1.165, 1.54) is 62.2 Å². The van der Waals surface area contributed by atoms with Gasteiger partial charge in [0.1, 0.15) is 0 Å². The van der Waals surface area contributed by atoms with E-state index in [0.29, 0.717) is 17.6 Å². The summed E-state index contributed by atoms with van der Waals surface area (Å²) in [6.07, 6.45) is 0. The highest BCUT2D eigenvalue weighted by atomic mass is 32.1. The summed E-state index contributed by atoms with van der Waals surface area (Å²) in [5.74, 6) is 1.78.